The fraction of sp³-hybridized carbons (Fsp3) is 0.600. The molecule has 3 N–H and O–H groups in total. The van der Waals surface area contributed by atoms with E-state index in [0.29, 0.717) is 11.4 Å². The summed E-state index contributed by atoms with van der Waals surface area (Å²) in [5, 5.41) is 0. The predicted molar refractivity (Wildman–Crippen MR) is 89.9 cm³/mol. The molecule has 1 atom stereocenters. The van der Waals surface area contributed by atoms with Crippen molar-refractivity contribution >= 4 is 27.5 Å². The SMILES string of the molecule is CCC(CC1CC1)NS(=O)(=O)CCSc1ccccc1N. The molecule has 0 spiro atoms. The van der Waals surface area contributed by atoms with E-state index in [1.165, 1.54) is 24.6 Å². The van der Waals surface area contributed by atoms with Crippen molar-refractivity contribution in [2.24, 2.45) is 5.92 Å². The van der Waals surface area contributed by atoms with Gasteiger partial charge < -0.3 is 5.73 Å². The summed E-state index contributed by atoms with van der Waals surface area (Å²) in [6.45, 7) is 2.04. The van der Waals surface area contributed by atoms with E-state index in [-0.39, 0.29) is 11.8 Å². The first kappa shape index (κ1) is 16.6. The van der Waals surface area contributed by atoms with E-state index in [9.17, 15) is 8.42 Å². The Labute approximate surface area is 131 Å². The summed E-state index contributed by atoms with van der Waals surface area (Å²) in [7, 11) is -3.21. The molecule has 1 unspecified atom stereocenters. The van der Waals surface area contributed by atoms with E-state index in [4.69, 9.17) is 5.73 Å². The topological polar surface area (TPSA) is 72.2 Å². The number of para-hydroxylation sites is 1. The van der Waals surface area contributed by atoms with Crippen LogP contribution in [0.3, 0.4) is 0 Å². The zero-order valence-corrected chi connectivity index (χ0v) is 14.1. The summed E-state index contributed by atoms with van der Waals surface area (Å²) < 4.78 is 27.1. The number of sulfonamides is 1. The third kappa shape index (κ3) is 5.88. The standard InChI is InChI=1S/C15H24N2O2S2/c1-2-13(11-12-7-8-12)17-21(18,19)10-9-20-15-6-4-3-5-14(15)16/h3-6,12-13,17H,2,7-11,16H2,1H3. The molecule has 4 nitrogen and oxygen atoms in total. The van der Waals surface area contributed by atoms with Crippen molar-refractivity contribution in [3.8, 4) is 0 Å². The number of hydrogen-bond donors (Lipinski definition) is 2. The quantitative estimate of drug-likeness (QED) is 0.540. The average molecular weight is 329 g/mol. The third-order valence-electron chi connectivity index (χ3n) is 3.68. The lowest BCUT2D eigenvalue weighted by molar-refractivity contribution is 0.496. The second-order valence-electron chi connectivity index (χ2n) is 5.61. The highest BCUT2D eigenvalue weighted by Gasteiger charge is 2.26. The summed E-state index contributed by atoms with van der Waals surface area (Å²) in [4.78, 5) is 0.942. The summed E-state index contributed by atoms with van der Waals surface area (Å²) in [5.74, 6) is 1.38. The van der Waals surface area contributed by atoms with Crippen LogP contribution in [0.2, 0.25) is 0 Å². The van der Waals surface area contributed by atoms with E-state index in [0.717, 1.165) is 23.7 Å². The Morgan fingerprint density at radius 2 is 2.10 bits per heavy atom. The second-order valence-corrected chi connectivity index (χ2v) is 8.62. The Hall–Kier alpha value is -0.720. The van der Waals surface area contributed by atoms with Crippen LogP contribution >= 0.6 is 11.8 Å². The van der Waals surface area contributed by atoms with Crippen molar-refractivity contribution in [1.29, 1.82) is 0 Å². The average Bonchev–Trinajstić information content (AvgIpc) is 3.24. The molecule has 1 aromatic rings. The van der Waals surface area contributed by atoms with Gasteiger partial charge in [-0.1, -0.05) is 31.9 Å². The molecule has 1 aliphatic carbocycles. The molecule has 0 aromatic heterocycles. The molecular weight excluding hydrogens is 304 g/mol. The van der Waals surface area contributed by atoms with E-state index in [1.54, 1.807) is 0 Å². The van der Waals surface area contributed by atoms with Gasteiger partial charge in [0.2, 0.25) is 10.0 Å². The maximum absolute atomic E-state index is 12.1. The Morgan fingerprint density at radius 3 is 2.71 bits per heavy atom. The van der Waals surface area contributed by atoms with Gasteiger partial charge >= 0.3 is 0 Å². The summed E-state index contributed by atoms with van der Waals surface area (Å²) >= 11 is 1.49. The van der Waals surface area contributed by atoms with Gasteiger partial charge in [0, 0.05) is 22.4 Å². The van der Waals surface area contributed by atoms with Crippen molar-refractivity contribution in [1.82, 2.24) is 4.72 Å². The first-order valence-electron chi connectivity index (χ1n) is 7.47. The van der Waals surface area contributed by atoms with Crippen molar-refractivity contribution in [3.05, 3.63) is 24.3 Å². The zero-order chi connectivity index (χ0) is 15.3. The minimum absolute atomic E-state index is 0.0919. The van der Waals surface area contributed by atoms with Gasteiger partial charge in [0.1, 0.15) is 0 Å². The number of nitrogens with two attached hydrogens (primary N) is 1. The molecule has 0 bridgehead atoms. The van der Waals surface area contributed by atoms with Crippen molar-refractivity contribution in [2.45, 2.75) is 43.5 Å². The van der Waals surface area contributed by atoms with Gasteiger partial charge in [0.05, 0.1) is 5.75 Å². The lowest BCUT2D eigenvalue weighted by Gasteiger charge is -2.16. The zero-order valence-electron chi connectivity index (χ0n) is 12.4. The highest BCUT2D eigenvalue weighted by atomic mass is 32.2. The van der Waals surface area contributed by atoms with Crippen molar-refractivity contribution in [2.75, 3.05) is 17.2 Å². The van der Waals surface area contributed by atoms with Crippen LogP contribution in [0.25, 0.3) is 0 Å². The monoisotopic (exact) mass is 328 g/mol. The largest absolute Gasteiger partial charge is 0.398 e. The maximum Gasteiger partial charge on any atom is 0.212 e. The fourth-order valence-corrected chi connectivity index (χ4v) is 4.97. The van der Waals surface area contributed by atoms with E-state index < -0.39 is 10.0 Å². The molecule has 118 valence electrons. The molecule has 0 heterocycles. The number of nitrogen functional groups attached to an aromatic ring is 1. The van der Waals surface area contributed by atoms with Gasteiger partial charge in [0.15, 0.2) is 0 Å². The Kier molecular flexibility index (Phi) is 5.96. The molecule has 0 saturated heterocycles. The van der Waals surface area contributed by atoms with Gasteiger partial charge in [0.25, 0.3) is 0 Å². The van der Waals surface area contributed by atoms with Crippen LogP contribution in [0.5, 0.6) is 0 Å². The minimum atomic E-state index is -3.21. The number of nitrogens with one attached hydrogen (secondary N) is 1. The van der Waals surface area contributed by atoms with Crippen molar-refractivity contribution < 1.29 is 8.42 Å². The molecule has 1 aromatic carbocycles. The van der Waals surface area contributed by atoms with Gasteiger partial charge in [-0.15, -0.1) is 11.8 Å². The Bertz CT molecular complexity index is 557. The van der Waals surface area contributed by atoms with Crippen LogP contribution in [0, 0.1) is 5.92 Å². The summed E-state index contributed by atoms with van der Waals surface area (Å²) in [5.41, 5.74) is 6.55. The highest BCUT2D eigenvalue weighted by Crippen LogP contribution is 2.34. The maximum atomic E-state index is 12.1. The molecule has 21 heavy (non-hydrogen) atoms. The number of rotatable bonds is 9. The van der Waals surface area contributed by atoms with Crippen LogP contribution in [-0.4, -0.2) is 26.0 Å². The normalized spacial score (nSPS) is 16.8. The van der Waals surface area contributed by atoms with E-state index >= 15 is 0 Å². The predicted octanol–water partition coefficient (Wildman–Crippen LogP) is 2.86. The van der Waals surface area contributed by atoms with Crippen LogP contribution in [0.4, 0.5) is 5.69 Å². The Balaban J connectivity index is 1.79. The summed E-state index contributed by atoms with van der Waals surface area (Å²) in [6.07, 6.45) is 4.34. The van der Waals surface area contributed by atoms with E-state index in [1.807, 2.05) is 31.2 Å². The number of hydrogen-bond acceptors (Lipinski definition) is 4. The minimum Gasteiger partial charge on any atom is -0.398 e. The van der Waals surface area contributed by atoms with Gasteiger partial charge in [-0.3, -0.25) is 0 Å². The molecule has 0 aliphatic heterocycles. The fourth-order valence-electron chi connectivity index (χ4n) is 2.24. The van der Waals surface area contributed by atoms with Crippen LogP contribution < -0.4 is 10.5 Å². The van der Waals surface area contributed by atoms with E-state index in [2.05, 4.69) is 4.72 Å². The first-order chi connectivity index (χ1) is 10.00. The number of thioether (sulfide) groups is 1. The molecule has 1 aliphatic rings. The smallest absolute Gasteiger partial charge is 0.212 e. The number of anilines is 1. The van der Waals surface area contributed by atoms with Crippen LogP contribution in [0.15, 0.2) is 29.2 Å². The molecule has 1 fully saturated rings. The van der Waals surface area contributed by atoms with Gasteiger partial charge in [-0.25, -0.2) is 13.1 Å². The third-order valence-corrected chi connectivity index (χ3v) is 6.47. The molecule has 0 radical (unpaired) electrons. The van der Waals surface area contributed by atoms with Crippen LogP contribution in [-0.2, 0) is 10.0 Å². The molecule has 0 amide bonds. The number of benzene rings is 1. The molecule has 1 saturated carbocycles. The lowest BCUT2D eigenvalue weighted by atomic mass is 10.1. The second kappa shape index (κ2) is 7.51. The van der Waals surface area contributed by atoms with Gasteiger partial charge in [-0.2, -0.15) is 0 Å². The van der Waals surface area contributed by atoms with Crippen LogP contribution in [0.1, 0.15) is 32.6 Å². The molecule has 6 heteroatoms. The lowest BCUT2D eigenvalue weighted by Crippen LogP contribution is -2.36. The first-order valence-corrected chi connectivity index (χ1v) is 10.1. The Morgan fingerprint density at radius 1 is 1.38 bits per heavy atom. The summed E-state index contributed by atoms with van der Waals surface area (Å²) in [6, 6.07) is 7.63. The molecular formula is C15H24N2O2S2. The molecule has 2 rings (SSSR count). The van der Waals surface area contributed by atoms with Crippen molar-refractivity contribution in [3.63, 3.8) is 0 Å². The van der Waals surface area contributed by atoms with Gasteiger partial charge in [-0.05, 0) is 30.9 Å². The highest BCUT2D eigenvalue weighted by molar-refractivity contribution is 8.00.